The number of nitrogens with zero attached hydrogens (tertiary/aromatic N) is 4. The standard InChI is InChI=1S/C14H21N5/c1-3-5-17-13(12-9-15-11-16-10-12)8-14-18-6-7-19(14)4-2/h6-7,9-11,13,17H,3-5,8H2,1-2H3. The molecule has 0 spiro atoms. The molecule has 5 heteroatoms. The highest BCUT2D eigenvalue weighted by molar-refractivity contribution is 5.12. The van der Waals surface area contributed by atoms with Gasteiger partial charge in [-0.3, -0.25) is 0 Å². The van der Waals surface area contributed by atoms with E-state index in [-0.39, 0.29) is 6.04 Å². The van der Waals surface area contributed by atoms with E-state index in [0.717, 1.165) is 37.3 Å². The van der Waals surface area contributed by atoms with Gasteiger partial charge in [0.1, 0.15) is 12.2 Å². The third kappa shape index (κ3) is 3.61. The molecule has 5 nitrogen and oxygen atoms in total. The molecule has 0 bridgehead atoms. The summed E-state index contributed by atoms with van der Waals surface area (Å²) in [6.45, 7) is 6.22. The Labute approximate surface area is 114 Å². The lowest BCUT2D eigenvalue weighted by atomic mass is 10.1. The van der Waals surface area contributed by atoms with Gasteiger partial charge in [-0.15, -0.1) is 0 Å². The molecule has 0 aliphatic heterocycles. The quantitative estimate of drug-likeness (QED) is 0.826. The van der Waals surface area contributed by atoms with E-state index >= 15 is 0 Å². The maximum Gasteiger partial charge on any atom is 0.115 e. The zero-order chi connectivity index (χ0) is 13.5. The van der Waals surface area contributed by atoms with Gasteiger partial charge in [0.2, 0.25) is 0 Å². The van der Waals surface area contributed by atoms with E-state index in [1.807, 2.05) is 24.8 Å². The lowest BCUT2D eigenvalue weighted by molar-refractivity contribution is 0.504. The van der Waals surface area contributed by atoms with Gasteiger partial charge in [0, 0.05) is 49.4 Å². The number of imidazole rings is 1. The minimum atomic E-state index is 0.217. The maximum absolute atomic E-state index is 4.44. The van der Waals surface area contributed by atoms with E-state index in [9.17, 15) is 0 Å². The van der Waals surface area contributed by atoms with Crippen LogP contribution in [-0.4, -0.2) is 26.1 Å². The average Bonchev–Trinajstić information content (AvgIpc) is 2.91. The Balaban J connectivity index is 2.14. The van der Waals surface area contributed by atoms with Crippen molar-refractivity contribution in [3.8, 4) is 0 Å². The van der Waals surface area contributed by atoms with Gasteiger partial charge in [-0.05, 0) is 19.9 Å². The number of rotatable bonds is 7. The zero-order valence-electron chi connectivity index (χ0n) is 11.6. The van der Waals surface area contributed by atoms with Crippen LogP contribution in [0.3, 0.4) is 0 Å². The largest absolute Gasteiger partial charge is 0.335 e. The highest BCUT2D eigenvalue weighted by Crippen LogP contribution is 2.16. The molecule has 0 radical (unpaired) electrons. The van der Waals surface area contributed by atoms with Gasteiger partial charge in [0.05, 0.1) is 0 Å². The van der Waals surface area contributed by atoms with E-state index in [0.29, 0.717) is 0 Å². The second-order valence-electron chi connectivity index (χ2n) is 4.51. The third-order valence-electron chi connectivity index (χ3n) is 3.15. The monoisotopic (exact) mass is 259 g/mol. The molecular weight excluding hydrogens is 238 g/mol. The highest BCUT2D eigenvalue weighted by Gasteiger charge is 2.14. The van der Waals surface area contributed by atoms with Crippen LogP contribution in [0, 0.1) is 0 Å². The van der Waals surface area contributed by atoms with Gasteiger partial charge in [0.15, 0.2) is 0 Å². The van der Waals surface area contributed by atoms with Crippen LogP contribution < -0.4 is 5.32 Å². The van der Waals surface area contributed by atoms with Crippen LogP contribution in [0.25, 0.3) is 0 Å². The van der Waals surface area contributed by atoms with Crippen LogP contribution in [-0.2, 0) is 13.0 Å². The Morgan fingerprint density at radius 1 is 1.26 bits per heavy atom. The topological polar surface area (TPSA) is 55.6 Å². The Kier molecular flexibility index (Phi) is 5.03. The molecule has 102 valence electrons. The van der Waals surface area contributed by atoms with E-state index in [4.69, 9.17) is 0 Å². The van der Waals surface area contributed by atoms with Crippen molar-refractivity contribution in [2.45, 2.75) is 39.3 Å². The van der Waals surface area contributed by atoms with E-state index < -0.39 is 0 Å². The number of aryl methyl sites for hydroxylation is 1. The van der Waals surface area contributed by atoms with Gasteiger partial charge in [-0.25, -0.2) is 15.0 Å². The Bertz CT molecular complexity index is 480. The summed E-state index contributed by atoms with van der Waals surface area (Å²) in [5.41, 5.74) is 1.11. The summed E-state index contributed by atoms with van der Waals surface area (Å²) in [4.78, 5) is 12.7. The van der Waals surface area contributed by atoms with E-state index in [1.165, 1.54) is 0 Å². The van der Waals surface area contributed by atoms with Gasteiger partial charge in [-0.1, -0.05) is 6.92 Å². The lowest BCUT2D eigenvalue weighted by Gasteiger charge is -2.18. The molecule has 1 N–H and O–H groups in total. The Hall–Kier alpha value is -1.75. The number of hydrogen-bond acceptors (Lipinski definition) is 4. The minimum absolute atomic E-state index is 0.217. The van der Waals surface area contributed by atoms with Crippen molar-refractivity contribution in [1.82, 2.24) is 24.8 Å². The van der Waals surface area contributed by atoms with Crippen molar-refractivity contribution in [3.63, 3.8) is 0 Å². The van der Waals surface area contributed by atoms with Crippen molar-refractivity contribution >= 4 is 0 Å². The van der Waals surface area contributed by atoms with Crippen LogP contribution in [0.15, 0.2) is 31.1 Å². The number of hydrogen-bond donors (Lipinski definition) is 1. The van der Waals surface area contributed by atoms with E-state index in [2.05, 4.69) is 38.7 Å². The van der Waals surface area contributed by atoms with Crippen LogP contribution in [0.1, 0.15) is 37.7 Å². The fraction of sp³-hybridized carbons (Fsp3) is 0.500. The van der Waals surface area contributed by atoms with Crippen LogP contribution in [0.4, 0.5) is 0 Å². The van der Waals surface area contributed by atoms with Crippen molar-refractivity contribution in [3.05, 3.63) is 42.5 Å². The fourth-order valence-corrected chi connectivity index (χ4v) is 2.12. The molecule has 0 amide bonds. The predicted octanol–water partition coefficient (Wildman–Crippen LogP) is 1.98. The van der Waals surface area contributed by atoms with Crippen molar-refractivity contribution in [1.29, 1.82) is 0 Å². The molecule has 2 aromatic rings. The predicted molar refractivity (Wildman–Crippen MR) is 74.7 cm³/mol. The summed E-state index contributed by atoms with van der Waals surface area (Å²) < 4.78 is 2.17. The molecule has 1 unspecified atom stereocenters. The number of nitrogens with one attached hydrogen (secondary N) is 1. The number of aromatic nitrogens is 4. The summed E-state index contributed by atoms with van der Waals surface area (Å²) in [7, 11) is 0. The molecule has 2 aromatic heterocycles. The SMILES string of the molecule is CCCNC(Cc1nccn1CC)c1cncnc1. The van der Waals surface area contributed by atoms with Gasteiger partial charge < -0.3 is 9.88 Å². The molecule has 0 aliphatic carbocycles. The summed E-state index contributed by atoms with van der Waals surface area (Å²) in [6.07, 6.45) is 11.2. The summed E-state index contributed by atoms with van der Waals surface area (Å²) in [5, 5.41) is 3.54. The first-order chi connectivity index (χ1) is 9.35. The van der Waals surface area contributed by atoms with Gasteiger partial charge in [0.25, 0.3) is 0 Å². The molecular formula is C14H21N5. The first-order valence-electron chi connectivity index (χ1n) is 6.83. The van der Waals surface area contributed by atoms with E-state index in [1.54, 1.807) is 6.33 Å². The maximum atomic E-state index is 4.44. The van der Waals surface area contributed by atoms with Crippen molar-refractivity contribution in [2.24, 2.45) is 0 Å². The van der Waals surface area contributed by atoms with Crippen LogP contribution in [0.2, 0.25) is 0 Å². The van der Waals surface area contributed by atoms with Crippen LogP contribution >= 0.6 is 0 Å². The summed E-state index contributed by atoms with van der Waals surface area (Å²) >= 11 is 0. The van der Waals surface area contributed by atoms with Crippen molar-refractivity contribution < 1.29 is 0 Å². The minimum Gasteiger partial charge on any atom is -0.335 e. The highest BCUT2D eigenvalue weighted by atomic mass is 15.1. The van der Waals surface area contributed by atoms with Crippen molar-refractivity contribution in [2.75, 3.05) is 6.54 Å². The second kappa shape index (κ2) is 6.99. The lowest BCUT2D eigenvalue weighted by Crippen LogP contribution is -2.25. The molecule has 19 heavy (non-hydrogen) atoms. The van der Waals surface area contributed by atoms with Crippen LogP contribution in [0.5, 0.6) is 0 Å². The molecule has 0 saturated carbocycles. The second-order valence-corrected chi connectivity index (χ2v) is 4.51. The molecule has 0 saturated heterocycles. The smallest absolute Gasteiger partial charge is 0.115 e. The van der Waals surface area contributed by atoms with Gasteiger partial charge >= 0.3 is 0 Å². The fourth-order valence-electron chi connectivity index (χ4n) is 2.12. The molecule has 1 atom stereocenters. The zero-order valence-corrected chi connectivity index (χ0v) is 11.6. The Morgan fingerprint density at radius 3 is 2.74 bits per heavy atom. The molecule has 0 aliphatic rings. The molecule has 0 fully saturated rings. The average molecular weight is 259 g/mol. The van der Waals surface area contributed by atoms with Gasteiger partial charge in [-0.2, -0.15) is 0 Å². The Morgan fingerprint density at radius 2 is 2.05 bits per heavy atom. The third-order valence-corrected chi connectivity index (χ3v) is 3.15. The first kappa shape index (κ1) is 13.7. The molecule has 2 rings (SSSR count). The summed E-state index contributed by atoms with van der Waals surface area (Å²) in [5.74, 6) is 1.10. The molecule has 2 heterocycles. The summed E-state index contributed by atoms with van der Waals surface area (Å²) in [6, 6.07) is 0.217. The molecule has 0 aromatic carbocycles. The first-order valence-corrected chi connectivity index (χ1v) is 6.83. The normalized spacial score (nSPS) is 12.5.